The van der Waals surface area contributed by atoms with Crippen LogP contribution >= 0.6 is 22.9 Å². The van der Waals surface area contributed by atoms with Crippen molar-refractivity contribution in [3.63, 3.8) is 0 Å². The van der Waals surface area contributed by atoms with Crippen molar-refractivity contribution in [3.8, 4) is 0 Å². The minimum Gasteiger partial charge on any atom is -0.207 e. The van der Waals surface area contributed by atoms with Gasteiger partial charge in [-0.3, -0.25) is 0 Å². The first kappa shape index (κ1) is 15.6. The summed E-state index contributed by atoms with van der Waals surface area (Å²) in [6, 6.07) is 11.8. The molecule has 1 fully saturated rings. The Balaban J connectivity index is 1.61. The number of rotatable bonds is 3. The molecule has 1 aromatic heterocycles. The summed E-state index contributed by atoms with van der Waals surface area (Å²) < 4.78 is 29.1. The lowest BCUT2D eigenvalue weighted by Gasteiger charge is -2.23. The van der Waals surface area contributed by atoms with E-state index in [1.165, 1.54) is 11.1 Å². The van der Waals surface area contributed by atoms with Gasteiger partial charge in [0.2, 0.25) is 10.0 Å². The zero-order valence-corrected chi connectivity index (χ0v) is 14.9. The molecule has 1 unspecified atom stereocenters. The maximum Gasteiger partial charge on any atom is 0.250 e. The smallest absolute Gasteiger partial charge is 0.207 e. The van der Waals surface area contributed by atoms with E-state index in [-0.39, 0.29) is 6.04 Å². The number of nitrogens with one attached hydrogen (secondary N) is 1. The van der Waals surface area contributed by atoms with Gasteiger partial charge in [0, 0.05) is 6.04 Å². The van der Waals surface area contributed by atoms with E-state index in [0.717, 1.165) is 37.0 Å². The molecule has 1 saturated carbocycles. The maximum atomic E-state index is 12.7. The van der Waals surface area contributed by atoms with E-state index in [2.05, 4.69) is 29.0 Å². The number of halogens is 1. The molecule has 2 aromatic rings. The number of hydrogen-bond acceptors (Lipinski definition) is 3. The molecule has 3 atom stereocenters. The van der Waals surface area contributed by atoms with Gasteiger partial charge in [-0.25, -0.2) is 13.1 Å². The lowest BCUT2D eigenvalue weighted by molar-refractivity contribution is 0.386. The van der Waals surface area contributed by atoms with E-state index in [0.29, 0.717) is 20.4 Å². The first-order valence-electron chi connectivity index (χ1n) is 7.87. The van der Waals surface area contributed by atoms with Gasteiger partial charge >= 0.3 is 0 Å². The van der Waals surface area contributed by atoms with Crippen molar-refractivity contribution in [1.29, 1.82) is 0 Å². The molecule has 4 rings (SSSR count). The van der Waals surface area contributed by atoms with Crippen LogP contribution in [0.2, 0.25) is 4.34 Å². The zero-order chi connectivity index (χ0) is 16.0. The minimum absolute atomic E-state index is 0.0216. The quantitative estimate of drug-likeness (QED) is 0.894. The Kier molecular flexibility index (Phi) is 4.00. The molecule has 2 aliphatic rings. The summed E-state index contributed by atoms with van der Waals surface area (Å²) >= 11 is 7.01. The van der Waals surface area contributed by atoms with Gasteiger partial charge in [-0.2, -0.15) is 0 Å². The number of hydrogen-bond donors (Lipinski definition) is 1. The van der Waals surface area contributed by atoms with E-state index < -0.39 is 10.0 Å². The molecule has 2 bridgehead atoms. The molecular weight excluding hydrogens is 350 g/mol. The molecule has 0 amide bonds. The highest BCUT2D eigenvalue weighted by atomic mass is 35.5. The monoisotopic (exact) mass is 367 g/mol. The van der Waals surface area contributed by atoms with Crippen LogP contribution in [0.1, 0.15) is 24.0 Å². The Morgan fingerprint density at radius 1 is 1.00 bits per heavy atom. The van der Waals surface area contributed by atoms with Crippen molar-refractivity contribution >= 4 is 33.0 Å². The molecule has 0 saturated heterocycles. The van der Waals surface area contributed by atoms with Gasteiger partial charge in [-0.15, -0.1) is 11.3 Å². The normalized spacial score (nSPS) is 26.7. The van der Waals surface area contributed by atoms with E-state index in [4.69, 9.17) is 11.6 Å². The molecule has 0 spiro atoms. The van der Waals surface area contributed by atoms with E-state index >= 15 is 0 Å². The molecule has 2 aliphatic carbocycles. The average Bonchev–Trinajstić information content (AvgIpc) is 3.04. The average molecular weight is 368 g/mol. The highest BCUT2D eigenvalue weighted by molar-refractivity contribution is 7.91. The fraction of sp³-hybridized carbons (Fsp3) is 0.412. The van der Waals surface area contributed by atoms with Gasteiger partial charge < -0.3 is 0 Å². The van der Waals surface area contributed by atoms with Gasteiger partial charge in [0.25, 0.3) is 0 Å². The van der Waals surface area contributed by atoms with Gasteiger partial charge in [0.1, 0.15) is 4.21 Å². The van der Waals surface area contributed by atoms with Crippen LogP contribution in [0, 0.1) is 11.8 Å². The number of benzene rings is 1. The van der Waals surface area contributed by atoms with Crippen LogP contribution in [0.15, 0.2) is 40.6 Å². The van der Waals surface area contributed by atoms with Crippen molar-refractivity contribution in [2.24, 2.45) is 11.8 Å². The van der Waals surface area contributed by atoms with E-state index in [1.807, 2.05) is 0 Å². The standard InChI is InChI=1S/C17H18ClNO2S2/c18-15-7-8-16(22-15)23(20,21)19-17-13-5-6-14(17)10-12-4-2-1-3-11(12)9-13/h1-4,7-8,13-14,17,19H,5-6,9-10H2/t13-,14+,17?. The fourth-order valence-corrected chi connectivity index (χ4v) is 6.90. The molecule has 1 aromatic carbocycles. The second kappa shape index (κ2) is 5.88. The van der Waals surface area contributed by atoms with Crippen LogP contribution in [0.5, 0.6) is 0 Å². The van der Waals surface area contributed by atoms with Crippen LogP contribution < -0.4 is 4.72 Å². The van der Waals surface area contributed by atoms with Gasteiger partial charge in [0.15, 0.2) is 0 Å². The third-order valence-electron chi connectivity index (χ3n) is 5.11. The van der Waals surface area contributed by atoms with Crippen LogP contribution in [-0.2, 0) is 22.9 Å². The Labute approximate surface area is 145 Å². The van der Waals surface area contributed by atoms with Gasteiger partial charge in [0.05, 0.1) is 4.34 Å². The highest BCUT2D eigenvalue weighted by Gasteiger charge is 2.41. The van der Waals surface area contributed by atoms with E-state index in [9.17, 15) is 8.42 Å². The second-order valence-corrected chi connectivity index (χ2v) is 10.1. The second-order valence-electron chi connectivity index (χ2n) is 6.48. The van der Waals surface area contributed by atoms with Crippen molar-refractivity contribution in [2.75, 3.05) is 0 Å². The third kappa shape index (κ3) is 2.95. The highest BCUT2D eigenvalue weighted by Crippen LogP contribution is 2.41. The zero-order valence-electron chi connectivity index (χ0n) is 12.5. The summed E-state index contributed by atoms with van der Waals surface area (Å²) in [6.07, 6.45) is 4.12. The van der Waals surface area contributed by atoms with Crippen molar-refractivity contribution in [3.05, 3.63) is 51.9 Å². The molecule has 0 aliphatic heterocycles. The topological polar surface area (TPSA) is 46.2 Å². The Morgan fingerprint density at radius 2 is 1.61 bits per heavy atom. The van der Waals surface area contributed by atoms with Gasteiger partial charge in [-0.1, -0.05) is 35.9 Å². The van der Waals surface area contributed by atoms with Gasteiger partial charge in [-0.05, 0) is 60.8 Å². The first-order chi connectivity index (χ1) is 11.0. The predicted molar refractivity (Wildman–Crippen MR) is 93.5 cm³/mol. The lowest BCUT2D eigenvalue weighted by atomic mass is 9.94. The van der Waals surface area contributed by atoms with Crippen LogP contribution in [0.25, 0.3) is 0 Å². The van der Waals surface area contributed by atoms with E-state index in [1.54, 1.807) is 12.1 Å². The van der Waals surface area contributed by atoms with Crippen molar-refractivity contribution in [1.82, 2.24) is 4.72 Å². The summed E-state index contributed by atoms with van der Waals surface area (Å²) in [5.41, 5.74) is 2.76. The molecule has 0 radical (unpaired) electrons. The summed E-state index contributed by atoms with van der Waals surface area (Å²) in [6.45, 7) is 0. The Bertz CT molecular complexity index is 798. The van der Waals surface area contributed by atoms with Crippen LogP contribution in [0.4, 0.5) is 0 Å². The minimum atomic E-state index is -3.48. The number of thiophene rings is 1. The Morgan fingerprint density at radius 3 is 2.13 bits per heavy atom. The molecule has 6 heteroatoms. The maximum absolute atomic E-state index is 12.7. The molecule has 1 heterocycles. The molecule has 122 valence electrons. The SMILES string of the molecule is O=S(=O)(NC1[C@@H]2CC[C@H]1Cc1ccccc1C2)c1ccc(Cl)s1. The molecular formula is C17H18ClNO2S2. The Hall–Kier alpha value is -0.880. The number of sulfonamides is 1. The van der Waals surface area contributed by atoms with Crippen molar-refractivity contribution in [2.45, 2.75) is 35.9 Å². The van der Waals surface area contributed by atoms with Crippen LogP contribution in [0.3, 0.4) is 0 Å². The summed E-state index contributed by atoms with van der Waals surface area (Å²) in [5, 5.41) is 0. The fourth-order valence-electron chi connectivity index (χ4n) is 4.02. The first-order valence-corrected chi connectivity index (χ1v) is 10.5. The predicted octanol–water partition coefficient (Wildman–Crippen LogP) is 3.87. The lowest BCUT2D eigenvalue weighted by Crippen LogP contribution is -2.41. The van der Waals surface area contributed by atoms with Crippen molar-refractivity contribution < 1.29 is 8.42 Å². The summed E-state index contributed by atoms with van der Waals surface area (Å²) in [4.78, 5) is 0. The number of fused-ring (bicyclic) bond motifs is 3. The molecule has 3 nitrogen and oxygen atoms in total. The summed E-state index contributed by atoms with van der Waals surface area (Å²) in [7, 11) is -3.48. The van der Waals surface area contributed by atoms with Crippen LogP contribution in [-0.4, -0.2) is 14.5 Å². The summed E-state index contributed by atoms with van der Waals surface area (Å²) in [5.74, 6) is 0.766. The third-order valence-corrected chi connectivity index (χ3v) is 8.29. The molecule has 1 N–H and O–H groups in total. The molecule has 23 heavy (non-hydrogen) atoms. The largest absolute Gasteiger partial charge is 0.250 e.